The Labute approximate surface area is 113 Å². The van der Waals surface area contributed by atoms with Gasteiger partial charge in [-0.05, 0) is 64.0 Å². The predicted octanol–water partition coefficient (Wildman–Crippen LogP) is 5.24. The van der Waals surface area contributed by atoms with E-state index in [1.807, 2.05) is 13.0 Å². The van der Waals surface area contributed by atoms with Crippen molar-refractivity contribution in [3.8, 4) is 0 Å². The molecule has 18 heavy (non-hydrogen) atoms. The Balaban J connectivity index is 3.93. The minimum absolute atomic E-state index is 0.116. The molecule has 0 fully saturated rings. The highest BCUT2D eigenvalue weighted by molar-refractivity contribution is 5.88. The molecule has 0 aliphatic heterocycles. The summed E-state index contributed by atoms with van der Waals surface area (Å²) < 4.78 is 0. The molecular weight excluding hydrogens is 220 g/mol. The van der Waals surface area contributed by atoms with E-state index < -0.39 is 0 Å². The van der Waals surface area contributed by atoms with Crippen molar-refractivity contribution in [3.05, 3.63) is 35.5 Å². The third-order valence-corrected chi connectivity index (χ3v) is 3.06. The zero-order valence-corrected chi connectivity index (χ0v) is 12.6. The Kier molecular flexibility index (Phi) is 9.26. The molecule has 0 amide bonds. The van der Waals surface area contributed by atoms with E-state index in [0.29, 0.717) is 5.92 Å². The van der Waals surface area contributed by atoms with E-state index in [-0.39, 0.29) is 5.78 Å². The lowest BCUT2D eigenvalue weighted by Gasteiger charge is -2.06. The minimum Gasteiger partial charge on any atom is -0.295 e. The lowest BCUT2D eigenvalue weighted by Crippen LogP contribution is -1.92. The maximum atomic E-state index is 10.9. The molecule has 1 atom stereocenters. The van der Waals surface area contributed by atoms with Gasteiger partial charge in [0.25, 0.3) is 0 Å². The molecule has 1 heteroatoms. The van der Waals surface area contributed by atoms with Crippen LogP contribution in [0.3, 0.4) is 0 Å². The van der Waals surface area contributed by atoms with E-state index in [1.165, 1.54) is 18.4 Å². The molecule has 1 nitrogen and oxygen atoms in total. The van der Waals surface area contributed by atoms with Gasteiger partial charge in [0.15, 0.2) is 5.78 Å². The van der Waals surface area contributed by atoms with Crippen molar-refractivity contribution < 1.29 is 4.79 Å². The fourth-order valence-electron chi connectivity index (χ4n) is 1.73. The number of carbonyl (C=O) groups excluding carboxylic acids is 1. The van der Waals surface area contributed by atoms with Crippen LogP contribution in [0.1, 0.15) is 60.3 Å². The van der Waals surface area contributed by atoms with Crippen molar-refractivity contribution in [2.75, 3.05) is 0 Å². The molecule has 0 aliphatic carbocycles. The quantitative estimate of drug-likeness (QED) is 0.326. The third-order valence-electron chi connectivity index (χ3n) is 3.06. The largest absolute Gasteiger partial charge is 0.295 e. The molecule has 0 rings (SSSR count). The monoisotopic (exact) mass is 248 g/mol. The second-order valence-corrected chi connectivity index (χ2v) is 5.22. The van der Waals surface area contributed by atoms with Gasteiger partial charge in [0, 0.05) is 0 Å². The van der Waals surface area contributed by atoms with Gasteiger partial charge in [-0.2, -0.15) is 0 Å². The van der Waals surface area contributed by atoms with Gasteiger partial charge in [-0.25, -0.2) is 0 Å². The van der Waals surface area contributed by atoms with Gasteiger partial charge >= 0.3 is 0 Å². The summed E-state index contributed by atoms with van der Waals surface area (Å²) in [7, 11) is 0. The number of hydrogen-bond donors (Lipinski definition) is 0. The summed E-state index contributed by atoms with van der Waals surface area (Å²) in [6, 6.07) is 0. The van der Waals surface area contributed by atoms with Crippen molar-refractivity contribution in [1.82, 2.24) is 0 Å². The lowest BCUT2D eigenvalue weighted by atomic mass is 10.00. The molecule has 0 saturated heterocycles. The van der Waals surface area contributed by atoms with Gasteiger partial charge in [0.1, 0.15) is 0 Å². The van der Waals surface area contributed by atoms with Crippen LogP contribution in [0, 0.1) is 5.92 Å². The van der Waals surface area contributed by atoms with Crippen LogP contribution in [0.25, 0.3) is 0 Å². The van der Waals surface area contributed by atoms with E-state index in [1.54, 1.807) is 13.0 Å². The van der Waals surface area contributed by atoms with Crippen LogP contribution in [0.5, 0.6) is 0 Å². The number of allylic oxidation sites excluding steroid dienone is 6. The Morgan fingerprint density at radius 2 is 1.89 bits per heavy atom. The van der Waals surface area contributed by atoms with E-state index >= 15 is 0 Å². The number of rotatable bonds is 8. The summed E-state index contributed by atoms with van der Waals surface area (Å²) in [6.07, 6.45) is 12.9. The van der Waals surface area contributed by atoms with Crippen LogP contribution in [-0.2, 0) is 4.79 Å². The van der Waals surface area contributed by atoms with Crippen LogP contribution in [0.15, 0.2) is 35.5 Å². The zero-order chi connectivity index (χ0) is 14.0. The molecule has 0 spiro atoms. The molecule has 0 radical (unpaired) electrons. The number of hydrogen-bond acceptors (Lipinski definition) is 1. The van der Waals surface area contributed by atoms with E-state index in [2.05, 4.69) is 32.9 Å². The predicted molar refractivity (Wildman–Crippen MR) is 80.6 cm³/mol. The molecule has 0 aromatic rings. The van der Waals surface area contributed by atoms with Crippen molar-refractivity contribution in [1.29, 1.82) is 0 Å². The van der Waals surface area contributed by atoms with Crippen molar-refractivity contribution in [2.45, 2.75) is 60.3 Å². The van der Waals surface area contributed by atoms with Crippen LogP contribution in [0.2, 0.25) is 0 Å². The molecule has 0 heterocycles. The summed E-state index contributed by atoms with van der Waals surface area (Å²) in [6.45, 7) is 10.2. The van der Waals surface area contributed by atoms with E-state index in [4.69, 9.17) is 0 Å². The van der Waals surface area contributed by atoms with Gasteiger partial charge in [0.2, 0.25) is 0 Å². The average Bonchev–Trinajstić information content (AvgIpc) is 2.27. The molecule has 0 aromatic carbocycles. The maximum Gasteiger partial charge on any atom is 0.152 e. The topological polar surface area (TPSA) is 17.1 Å². The first-order valence-corrected chi connectivity index (χ1v) is 6.96. The molecule has 0 aliphatic rings. The molecule has 0 N–H and O–H groups in total. The summed E-state index contributed by atoms with van der Waals surface area (Å²) in [4.78, 5) is 10.9. The Hall–Kier alpha value is -1.11. The van der Waals surface area contributed by atoms with Crippen LogP contribution in [-0.4, -0.2) is 5.78 Å². The molecule has 102 valence electrons. The second-order valence-electron chi connectivity index (χ2n) is 5.22. The molecule has 0 saturated carbocycles. The molecule has 0 aromatic heterocycles. The van der Waals surface area contributed by atoms with Gasteiger partial charge in [-0.1, -0.05) is 37.6 Å². The van der Waals surface area contributed by atoms with E-state index in [9.17, 15) is 4.79 Å². The van der Waals surface area contributed by atoms with Gasteiger partial charge < -0.3 is 0 Å². The highest BCUT2D eigenvalue weighted by Crippen LogP contribution is 2.13. The van der Waals surface area contributed by atoms with Gasteiger partial charge in [0.05, 0.1) is 0 Å². The Morgan fingerprint density at radius 1 is 1.22 bits per heavy atom. The number of ketones is 1. The third kappa shape index (κ3) is 10.1. The van der Waals surface area contributed by atoms with Crippen LogP contribution < -0.4 is 0 Å². The summed E-state index contributed by atoms with van der Waals surface area (Å²) in [5.74, 6) is 0.817. The molecular formula is C17H28O. The highest BCUT2D eigenvalue weighted by atomic mass is 16.1. The second kappa shape index (κ2) is 9.87. The smallest absolute Gasteiger partial charge is 0.152 e. The summed E-state index contributed by atoms with van der Waals surface area (Å²) >= 11 is 0. The zero-order valence-electron chi connectivity index (χ0n) is 12.6. The van der Waals surface area contributed by atoms with Crippen LogP contribution in [0.4, 0.5) is 0 Å². The number of carbonyl (C=O) groups is 1. The van der Waals surface area contributed by atoms with E-state index in [0.717, 1.165) is 18.4 Å². The van der Waals surface area contributed by atoms with Gasteiger partial charge in [-0.15, -0.1) is 0 Å². The Morgan fingerprint density at radius 3 is 2.44 bits per heavy atom. The Bertz CT molecular complexity index is 332. The normalized spacial score (nSPS) is 15.2. The van der Waals surface area contributed by atoms with Crippen LogP contribution >= 0.6 is 0 Å². The SMILES string of the molecule is CCC(C)=CCCC(C)CC=CC(C)=CC(C)=O. The van der Waals surface area contributed by atoms with Crippen molar-refractivity contribution >= 4 is 5.78 Å². The first-order chi connectivity index (χ1) is 8.45. The fourth-order valence-corrected chi connectivity index (χ4v) is 1.73. The minimum atomic E-state index is 0.116. The standard InChI is InChI=1S/C17H28O/c1-6-14(2)9-7-10-15(3)11-8-12-16(4)13-17(5)18/h8-9,12-13,15H,6-7,10-11H2,1-5H3. The lowest BCUT2D eigenvalue weighted by molar-refractivity contribution is -0.112. The maximum absolute atomic E-state index is 10.9. The van der Waals surface area contributed by atoms with Gasteiger partial charge in [-0.3, -0.25) is 4.79 Å². The average molecular weight is 248 g/mol. The highest BCUT2D eigenvalue weighted by Gasteiger charge is 1.98. The first kappa shape index (κ1) is 16.9. The first-order valence-electron chi connectivity index (χ1n) is 6.96. The fraction of sp³-hybridized carbons (Fsp3) is 0.588. The summed E-state index contributed by atoms with van der Waals surface area (Å²) in [5, 5.41) is 0. The van der Waals surface area contributed by atoms with Crippen molar-refractivity contribution in [3.63, 3.8) is 0 Å². The molecule has 0 bridgehead atoms. The molecule has 1 unspecified atom stereocenters. The summed E-state index contributed by atoms with van der Waals surface area (Å²) in [5.41, 5.74) is 2.52. The van der Waals surface area contributed by atoms with Crippen molar-refractivity contribution in [2.24, 2.45) is 5.92 Å².